The Morgan fingerprint density at radius 3 is 2.77 bits per heavy atom. The van der Waals surface area contributed by atoms with Crippen LogP contribution in [0.4, 0.5) is 23.7 Å². The van der Waals surface area contributed by atoms with Gasteiger partial charge in [0.25, 0.3) is 11.8 Å². The predicted octanol–water partition coefficient (Wildman–Crippen LogP) is 2.89. The predicted molar refractivity (Wildman–Crippen MR) is 106 cm³/mol. The number of rotatable bonds is 4. The molecule has 1 unspecified atom stereocenters. The molecule has 162 valence electrons. The number of imidazole rings is 1. The quantitative estimate of drug-likeness (QED) is 0.651. The second kappa shape index (κ2) is 7.34. The average Bonchev–Trinajstić information content (AvgIpc) is 3.42. The number of carbonyl (C=O) groups excluding carboxylic acids is 2. The molecule has 4 rings (SSSR count). The Hall–Kier alpha value is -3.48. The van der Waals surface area contributed by atoms with Crippen molar-refractivity contribution in [1.29, 1.82) is 0 Å². The topological polar surface area (TPSA) is 88.1 Å². The van der Waals surface area contributed by atoms with E-state index in [2.05, 4.69) is 32.8 Å². The number of urea groups is 1. The van der Waals surface area contributed by atoms with Crippen molar-refractivity contribution in [3.8, 4) is 11.8 Å². The fourth-order valence-electron chi connectivity index (χ4n) is 3.39. The van der Waals surface area contributed by atoms with Crippen molar-refractivity contribution in [2.75, 3.05) is 5.32 Å². The summed E-state index contributed by atoms with van der Waals surface area (Å²) >= 11 is 0. The zero-order valence-electron chi connectivity index (χ0n) is 16.9. The van der Waals surface area contributed by atoms with E-state index in [0.717, 1.165) is 18.9 Å². The van der Waals surface area contributed by atoms with Crippen LogP contribution in [0.15, 0.2) is 24.5 Å². The molecule has 1 saturated carbocycles. The molecule has 1 aromatic heterocycles. The molecule has 3 N–H and O–H groups in total. The molecule has 0 bridgehead atoms. The highest BCUT2D eigenvalue weighted by atomic mass is 19.3. The Labute approximate surface area is 176 Å². The first-order valence-corrected chi connectivity index (χ1v) is 9.69. The first-order valence-electron chi connectivity index (χ1n) is 9.69. The maximum absolute atomic E-state index is 14.9. The van der Waals surface area contributed by atoms with E-state index in [1.54, 1.807) is 13.2 Å². The highest BCUT2D eigenvalue weighted by Gasteiger charge is 2.55. The first-order chi connectivity index (χ1) is 14.6. The van der Waals surface area contributed by atoms with Gasteiger partial charge in [0, 0.05) is 55.6 Å². The minimum absolute atomic E-state index is 0.0000761. The van der Waals surface area contributed by atoms with Crippen molar-refractivity contribution in [3.05, 3.63) is 47.3 Å². The number of benzene rings is 1. The van der Waals surface area contributed by atoms with E-state index in [9.17, 15) is 22.8 Å². The molecule has 0 spiro atoms. The van der Waals surface area contributed by atoms with E-state index in [0.29, 0.717) is 6.92 Å². The summed E-state index contributed by atoms with van der Waals surface area (Å²) in [4.78, 5) is 28.3. The molecule has 2 aromatic rings. The number of halogens is 3. The van der Waals surface area contributed by atoms with Gasteiger partial charge in [0.1, 0.15) is 5.82 Å². The van der Waals surface area contributed by atoms with Crippen molar-refractivity contribution >= 4 is 17.6 Å². The fourth-order valence-corrected chi connectivity index (χ4v) is 3.39. The van der Waals surface area contributed by atoms with Crippen LogP contribution in [-0.4, -0.2) is 27.4 Å². The van der Waals surface area contributed by atoms with Crippen molar-refractivity contribution < 1.29 is 22.8 Å². The largest absolute Gasteiger partial charge is 0.345 e. The lowest BCUT2D eigenvalue weighted by molar-refractivity contribution is -0.0465. The van der Waals surface area contributed by atoms with Crippen molar-refractivity contribution in [2.24, 2.45) is 13.0 Å². The highest BCUT2D eigenvalue weighted by Crippen LogP contribution is 2.44. The van der Waals surface area contributed by atoms with Crippen LogP contribution in [0.25, 0.3) is 0 Å². The van der Waals surface area contributed by atoms with Crippen LogP contribution in [0, 0.1) is 23.6 Å². The Morgan fingerprint density at radius 2 is 2.16 bits per heavy atom. The van der Waals surface area contributed by atoms with Crippen LogP contribution >= 0.6 is 0 Å². The number of nitrogens with one attached hydrogen (secondary N) is 3. The van der Waals surface area contributed by atoms with Gasteiger partial charge in [0.15, 0.2) is 11.4 Å². The van der Waals surface area contributed by atoms with E-state index in [1.165, 1.54) is 16.8 Å². The third-order valence-corrected chi connectivity index (χ3v) is 5.30. The van der Waals surface area contributed by atoms with E-state index in [4.69, 9.17) is 0 Å². The van der Waals surface area contributed by atoms with E-state index in [-0.39, 0.29) is 35.1 Å². The summed E-state index contributed by atoms with van der Waals surface area (Å²) in [5, 5.41) is 7.18. The van der Waals surface area contributed by atoms with Gasteiger partial charge >= 0.3 is 6.03 Å². The molecular formula is C21H20F3N5O2. The summed E-state index contributed by atoms with van der Waals surface area (Å²) in [6, 6.07) is 1.30. The minimum atomic E-state index is -3.48. The molecule has 0 radical (unpaired) electrons. The molecular weight excluding hydrogens is 411 g/mol. The molecule has 1 aromatic carbocycles. The van der Waals surface area contributed by atoms with Gasteiger partial charge in [-0.25, -0.2) is 22.9 Å². The molecule has 7 nitrogen and oxygen atoms in total. The van der Waals surface area contributed by atoms with Crippen LogP contribution in [0.3, 0.4) is 0 Å². The molecule has 1 aliphatic heterocycles. The first kappa shape index (κ1) is 20.8. The number of amides is 3. The Balaban J connectivity index is 1.69. The summed E-state index contributed by atoms with van der Waals surface area (Å²) in [6.45, 7) is 0.417. The van der Waals surface area contributed by atoms with Gasteiger partial charge in [0.05, 0.1) is 0 Å². The van der Waals surface area contributed by atoms with Gasteiger partial charge in [0.2, 0.25) is 0 Å². The Morgan fingerprint density at radius 1 is 1.42 bits per heavy atom. The van der Waals surface area contributed by atoms with Gasteiger partial charge in [-0.15, -0.1) is 0 Å². The molecule has 0 saturated heterocycles. The summed E-state index contributed by atoms with van der Waals surface area (Å²) < 4.78 is 45.9. The second-order valence-electron chi connectivity index (χ2n) is 7.79. The number of alkyl halides is 2. The minimum Gasteiger partial charge on any atom is -0.345 e. The van der Waals surface area contributed by atoms with Crippen LogP contribution in [0.5, 0.6) is 0 Å². The summed E-state index contributed by atoms with van der Waals surface area (Å²) in [7, 11) is 1.64. The lowest BCUT2D eigenvalue weighted by Gasteiger charge is -2.40. The second-order valence-corrected chi connectivity index (χ2v) is 7.79. The molecule has 2 aliphatic rings. The molecule has 3 amide bonds. The number of fused-ring (bicyclic) bond motifs is 1. The molecule has 1 aliphatic carbocycles. The van der Waals surface area contributed by atoms with Crippen LogP contribution in [0.1, 0.15) is 41.5 Å². The van der Waals surface area contributed by atoms with Crippen LogP contribution in [-0.2, 0) is 19.1 Å². The number of carbonyl (C=O) groups is 2. The standard InChI is InChI=1S/C21H20F3N5O2/c1-20(23,24)21(6-5-12-3-4-12)14-10-15(22)13(9-16(14)27-19(31)28-21)11-26-18(30)17-25-7-8-29(17)2/h7-10,12H,3-4,11H2,1-2H3,(H,26,30)(H2,27,28,31). The summed E-state index contributed by atoms with van der Waals surface area (Å²) in [6.07, 6.45) is 4.65. The lowest BCUT2D eigenvalue weighted by Crippen LogP contribution is -2.59. The fraction of sp³-hybridized carbons (Fsp3) is 0.381. The normalized spacial score (nSPS) is 20.1. The SMILES string of the molecule is Cn1ccnc1C(=O)NCc1cc2c(cc1F)C(C#CC1CC1)(C(C)(F)F)NC(=O)N2. The van der Waals surface area contributed by atoms with Gasteiger partial charge in [-0.05, 0) is 25.0 Å². The number of anilines is 1. The number of hydrogen-bond donors (Lipinski definition) is 3. The number of aromatic nitrogens is 2. The number of aryl methyl sites for hydroxylation is 1. The average molecular weight is 431 g/mol. The zero-order chi connectivity index (χ0) is 22.4. The van der Waals surface area contributed by atoms with Crippen molar-refractivity contribution in [1.82, 2.24) is 20.2 Å². The van der Waals surface area contributed by atoms with E-state index >= 15 is 0 Å². The van der Waals surface area contributed by atoms with Gasteiger partial charge in [-0.1, -0.05) is 11.8 Å². The van der Waals surface area contributed by atoms with Gasteiger partial charge < -0.3 is 20.5 Å². The lowest BCUT2D eigenvalue weighted by atomic mass is 9.81. The number of nitrogens with zero attached hydrogens (tertiary/aromatic N) is 2. The Bertz CT molecular complexity index is 1120. The number of hydrogen-bond acceptors (Lipinski definition) is 3. The summed E-state index contributed by atoms with van der Waals surface area (Å²) in [5.74, 6) is 0.611. The van der Waals surface area contributed by atoms with Crippen molar-refractivity contribution in [2.45, 2.75) is 37.8 Å². The monoisotopic (exact) mass is 431 g/mol. The zero-order valence-corrected chi connectivity index (χ0v) is 16.9. The van der Waals surface area contributed by atoms with E-state index < -0.39 is 29.2 Å². The molecule has 1 atom stereocenters. The van der Waals surface area contributed by atoms with Gasteiger partial charge in [-0.2, -0.15) is 0 Å². The van der Waals surface area contributed by atoms with Gasteiger partial charge in [-0.3, -0.25) is 4.79 Å². The molecule has 2 heterocycles. The van der Waals surface area contributed by atoms with Crippen LogP contribution < -0.4 is 16.0 Å². The van der Waals surface area contributed by atoms with E-state index in [1.807, 2.05) is 0 Å². The van der Waals surface area contributed by atoms with Crippen LogP contribution in [0.2, 0.25) is 0 Å². The highest BCUT2D eigenvalue weighted by molar-refractivity contribution is 5.95. The smallest absolute Gasteiger partial charge is 0.320 e. The third kappa shape index (κ3) is 3.83. The van der Waals surface area contributed by atoms with Crippen molar-refractivity contribution in [3.63, 3.8) is 0 Å². The molecule has 1 fully saturated rings. The third-order valence-electron chi connectivity index (χ3n) is 5.30. The molecule has 31 heavy (non-hydrogen) atoms. The maximum atomic E-state index is 14.9. The Kier molecular flexibility index (Phi) is 4.92. The summed E-state index contributed by atoms with van der Waals surface area (Å²) in [5.41, 5.74) is -2.49. The molecule has 10 heteroatoms. The maximum Gasteiger partial charge on any atom is 0.320 e.